The van der Waals surface area contributed by atoms with Crippen molar-refractivity contribution in [2.24, 2.45) is 12.8 Å². The fraction of sp³-hybridized carbons (Fsp3) is 0.312. The van der Waals surface area contributed by atoms with Crippen LogP contribution >= 0.6 is 0 Å². The largest absolute Gasteiger partial charge is 0.447 e. The molecule has 0 saturated heterocycles. The molecule has 1 amide bonds. The summed E-state index contributed by atoms with van der Waals surface area (Å²) in [7, 11) is 1.78. The van der Waals surface area contributed by atoms with Crippen molar-refractivity contribution in [1.29, 1.82) is 0 Å². The van der Waals surface area contributed by atoms with Gasteiger partial charge >= 0.3 is 5.97 Å². The van der Waals surface area contributed by atoms with Gasteiger partial charge < -0.3 is 10.5 Å². The highest BCUT2D eigenvalue weighted by Crippen LogP contribution is 2.20. The summed E-state index contributed by atoms with van der Waals surface area (Å²) in [4.78, 5) is 23.7. The van der Waals surface area contributed by atoms with Crippen LogP contribution in [-0.4, -0.2) is 21.7 Å². The van der Waals surface area contributed by atoms with Gasteiger partial charge in [0.2, 0.25) is 6.10 Å². The van der Waals surface area contributed by atoms with Crippen LogP contribution in [0.5, 0.6) is 0 Å². The van der Waals surface area contributed by atoms with Gasteiger partial charge in [-0.2, -0.15) is 5.10 Å². The number of benzene rings is 1. The van der Waals surface area contributed by atoms with Gasteiger partial charge in [-0.3, -0.25) is 14.3 Å². The predicted octanol–water partition coefficient (Wildman–Crippen LogP) is 1.49. The second kappa shape index (κ2) is 6.60. The molecule has 1 heterocycles. The normalized spacial score (nSPS) is 12.0. The predicted molar refractivity (Wildman–Crippen MR) is 80.8 cm³/mol. The molecule has 0 radical (unpaired) electrons. The second-order valence-electron chi connectivity index (χ2n) is 5.27. The lowest BCUT2D eigenvalue weighted by molar-refractivity contribution is -0.154. The number of carbonyl (C=O) groups is 2. The zero-order valence-electron chi connectivity index (χ0n) is 13.2. The van der Waals surface area contributed by atoms with Crippen LogP contribution in [0.4, 0.5) is 4.39 Å². The van der Waals surface area contributed by atoms with Gasteiger partial charge in [-0.25, -0.2) is 4.39 Å². The minimum absolute atomic E-state index is 0.0174. The van der Waals surface area contributed by atoms with E-state index in [2.05, 4.69) is 5.10 Å². The number of primary amides is 1. The van der Waals surface area contributed by atoms with Crippen LogP contribution in [-0.2, 0) is 27.8 Å². The lowest BCUT2D eigenvalue weighted by atomic mass is 10.1. The number of aromatic nitrogens is 2. The Hall–Kier alpha value is -2.70. The Bertz CT molecular complexity index is 738. The topological polar surface area (TPSA) is 87.2 Å². The zero-order chi connectivity index (χ0) is 17.1. The van der Waals surface area contributed by atoms with Gasteiger partial charge in [0.1, 0.15) is 5.82 Å². The van der Waals surface area contributed by atoms with Crippen molar-refractivity contribution in [3.05, 3.63) is 52.6 Å². The van der Waals surface area contributed by atoms with Crippen molar-refractivity contribution in [3.63, 3.8) is 0 Å². The van der Waals surface area contributed by atoms with Gasteiger partial charge in [0, 0.05) is 23.9 Å². The van der Waals surface area contributed by atoms with Crippen molar-refractivity contribution in [2.45, 2.75) is 26.4 Å². The first-order chi connectivity index (χ1) is 10.8. The summed E-state index contributed by atoms with van der Waals surface area (Å²) < 4.78 is 19.8. The van der Waals surface area contributed by atoms with E-state index in [1.54, 1.807) is 18.7 Å². The summed E-state index contributed by atoms with van der Waals surface area (Å²) in [6, 6.07) is 5.07. The minimum atomic E-state index is -1.25. The fourth-order valence-corrected chi connectivity index (χ4v) is 2.32. The number of hydrogen-bond donors (Lipinski definition) is 1. The molecule has 0 fully saturated rings. The number of hydrogen-bond acceptors (Lipinski definition) is 4. The molecular weight excluding hydrogens is 301 g/mol. The van der Waals surface area contributed by atoms with Gasteiger partial charge in [0.05, 0.1) is 12.1 Å². The molecule has 1 aromatic heterocycles. The van der Waals surface area contributed by atoms with Crippen LogP contribution in [0.1, 0.15) is 28.6 Å². The maximum atomic E-state index is 13.0. The average molecular weight is 319 g/mol. The van der Waals surface area contributed by atoms with Gasteiger partial charge in [-0.1, -0.05) is 12.1 Å². The maximum absolute atomic E-state index is 13.0. The van der Waals surface area contributed by atoms with Crippen molar-refractivity contribution in [2.75, 3.05) is 0 Å². The summed E-state index contributed by atoms with van der Waals surface area (Å²) in [5.74, 6) is -1.87. The average Bonchev–Trinajstić information content (AvgIpc) is 2.72. The number of halogens is 1. The van der Waals surface area contributed by atoms with E-state index in [0.717, 1.165) is 17.0 Å². The van der Waals surface area contributed by atoms with E-state index in [-0.39, 0.29) is 6.42 Å². The first kappa shape index (κ1) is 16.7. The Morgan fingerprint density at radius 1 is 1.30 bits per heavy atom. The third kappa shape index (κ3) is 3.74. The SMILES string of the molecule is Cc1nn(C)c(C)c1CC(=O)O[C@@H](C(N)=O)c1ccc(F)cc1. The Morgan fingerprint density at radius 3 is 2.39 bits per heavy atom. The number of carbonyl (C=O) groups excluding carboxylic acids is 2. The third-order valence-corrected chi connectivity index (χ3v) is 3.66. The summed E-state index contributed by atoms with van der Waals surface area (Å²) in [5, 5.41) is 4.22. The van der Waals surface area contributed by atoms with E-state index >= 15 is 0 Å². The van der Waals surface area contributed by atoms with Crippen molar-refractivity contribution < 1.29 is 18.7 Å². The monoisotopic (exact) mass is 319 g/mol. The van der Waals surface area contributed by atoms with E-state index in [4.69, 9.17) is 10.5 Å². The molecule has 0 unspecified atom stereocenters. The fourth-order valence-electron chi connectivity index (χ4n) is 2.32. The zero-order valence-corrected chi connectivity index (χ0v) is 13.2. The van der Waals surface area contributed by atoms with Gasteiger partial charge in [0.15, 0.2) is 0 Å². The molecule has 122 valence electrons. The highest BCUT2D eigenvalue weighted by molar-refractivity contribution is 5.84. The number of amides is 1. The number of aryl methyl sites for hydroxylation is 2. The summed E-state index contributed by atoms with van der Waals surface area (Å²) in [6.07, 6.45) is -1.27. The Labute approximate surface area is 133 Å². The Kier molecular flexibility index (Phi) is 4.78. The minimum Gasteiger partial charge on any atom is -0.447 e. The quantitative estimate of drug-likeness (QED) is 0.846. The van der Waals surface area contributed by atoms with E-state index in [9.17, 15) is 14.0 Å². The van der Waals surface area contributed by atoms with Crippen LogP contribution < -0.4 is 5.73 Å². The van der Waals surface area contributed by atoms with E-state index in [1.165, 1.54) is 24.3 Å². The van der Waals surface area contributed by atoms with Crippen LogP contribution in [0.2, 0.25) is 0 Å². The van der Waals surface area contributed by atoms with E-state index < -0.39 is 23.8 Å². The molecule has 0 spiro atoms. The number of rotatable bonds is 5. The Morgan fingerprint density at radius 2 is 1.91 bits per heavy atom. The third-order valence-electron chi connectivity index (χ3n) is 3.66. The molecule has 6 nitrogen and oxygen atoms in total. The smallest absolute Gasteiger partial charge is 0.311 e. The standard InChI is InChI=1S/C16H18FN3O3/c1-9-13(10(2)20(3)19-9)8-14(21)23-15(16(18)22)11-4-6-12(17)7-5-11/h4-7,15H,8H2,1-3H3,(H2,18,22)/t15-/m1/s1. The molecule has 2 rings (SSSR count). The van der Waals surface area contributed by atoms with Gasteiger partial charge in [-0.15, -0.1) is 0 Å². The van der Waals surface area contributed by atoms with Crippen LogP contribution in [0, 0.1) is 19.7 Å². The van der Waals surface area contributed by atoms with E-state index in [0.29, 0.717) is 5.56 Å². The lowest BCUT2D eigenvalue weighted by Crippen LogP contribution is -2.27. The summed E-state index contributed by atoms with van der Waals surface area (Å²) in [5.41, 5.74) is 7.93. The highest BCUT2D eigenvalue weighted by Gasteiger charge is 2.24. The molecule has 0 bridgehead atoms. The number of esters is 1. The Balaban J connectivity index is 2.15. The van der Waals surface area contributed by atoms with E-state index in [1.807, 2.05) is 6.92 Å². The van der Waals surface area contributed by atoms with Crippen molar-refractivity contribution in [3.8, 4) is 0 Å². The molecule has 0 aliphatic heterocycles. The van der Waals surface area contributed by atoms with Gasteiger partial charge in [-0.05, 0) is 26.0 Å². The van der Waals surface area contributed by atoms with Crippen LogP contribution in [0.3, 0.4) is 0 Å². The maximum Gasteiger partial charge on any atom is 0.311 e. The second-order valence-corrected chi connectivity index (χ2v) is 5.27. The first-order valence-corrected chi connectivity index (χ1v) is 7.03. The van der Waals surface area contributed by atoms with Crippen LogP contribution in [0.15, 0.2) is 24.3 Å². The molecule has 7 heteroatoms. The molecule has 1 aromatic carbocycles. The summed E-state index contributed by atoms with van der Waals surface area (Å²) in [6.45, 7) is 3.63. The molecular formula is C16H18FN3O3. The van der Waals surface area contributed by atoms with Crippen molar-refractivity contribution >= 4 is 11.9 Å². The first-order valence-electron chi connectivity index (χ1n) is 7.03. The molecule has 0 aliphatic rings. The number of nitrogens with two attached hydrogens (primary N) is 1. The lowest BCUT2D eigenvalue weighted by Gasteiger charge is -2.15. The molecule has 0 saturated carbocycles. The number of ether oxygens (including phenoxy) is 1. The van der Waals surface area contributed by atoms with Crippen LogP contribution in [0.25, 0.3) is 0 Å². The van der Waals surface area contributed by atoms with Crippen molar-refractivity contribution in [1.82, 2.24) is 9.78 Å². The molecule has 2 aromatic rings. The number of nitrogens with zero attached hydrogens (tertiary/aromatic N) is 2. The molecule has 0 aliphatic carbocycles. The van der Waals surface area contributed by atoms with Gasteiger partial charge in [0.25, 0.3) is 5.91 Å². The molecule has 23 heavy (non-hydrogen) atoms. The molecule has 1 atom stereocenters. The highest BCUT2D eigenvalue weighted by atomic mass is 19.1. The molecule has 2 N–H and O–H groups in total. The summed E-state index contributed by atoms with van der Waals surface area (Å²) >= 11 is 0.